The summed E-state index contributed by atoms with van der Waals surface area (Å²) in [5.41, 5.74) is 0.844. The maximum atomic E-state index is 12.4. The molecule has 3 N–H and O–H groups in total. The second kappa shape index (κ2) is 7.16. The second-order valence-corrected chi connectivity index (χ2v) is 7.86. The first-order chi connectivity index (χ1) is 13.3. The number of fused-ring (bicyclic) bond motifs is 2. The summed E-state index contributed by atoms with van der Waals surface area (Å²) < 4.78 is 36.6. The zero-order valence-electron chi connectivity index (χ0n) is 14.8. The van der Waals surface area contributed by atoms with Crippen molar-refractivity contribution in [3.8, 4) is 0 Å². The summed E-state index contributed by atoms with van der Waals surface area (Å²) in [4.78, 5) is 26.0. The van der Waals surface area contributed by atoms with Gasteiger partial charge in [0.15, 0.2) is 5.69 Å². The number of hydrogen-bond acceptors (Lipinski definition) is 7. The molecule has 3 amide bonds. The van der Waals surface area contributed by atoms with E-state index in [-0.39, 0.29) is 30.7 Å². The lowest BCUT2D eigenvalue weighted by atomic mass is 10.1. The van der Waals surface area contributed by atoms with Crippen LogP contribution in [0, 0.1) is 0 Å². The molecule has 0 aliphatic carbocycles. The first-order valence-electron chi connectivity index (χ1n) is 8.83. The number of carbonyl (C=O) groups excluding carboxylic acids is 2. The van der Waals surface area contributed by atoms with Crippen LogP contribution in [-0.2, 0) is 14.7 Å². The Morgan fingerprint density at radius 1 is 1.36 bits per heavy atom. The monoisotopic (exact) mass is 412 g/mol. The van der Waals surface area contributed by atoms with Gasteiger partial charge in [-0.15, -0.1) is 4.28 Å². The summed E-state index contributed by atoms with van der Waals surface area (Å²) in [5, 5.41) is 11.1. The summed E-state index contributed by atoms with van der Waals surface area (Å²) in [5.74, 6) is -0.266. The van der Waals surface area contributed by atoms with Gasteiger partial charge in [0.1, 0.15) is 6.04 Å². The van der Waals surface area contributed by atoms with Crippen molar-refractivity contribution >= 4 is 28.0 Å². The predicted octanol–water partition coefficient (Wildman–Crippen LogP) is -0.940. The molecule has 1 atom stereocenters. The zero-order chi connectivity index (χ0) is 19.9. The number of carbonyl (C=O) groups is 2. The summed E-state index contributed by atoms with van der Waals surface area (Å²) >= 11 is 0. The molecule has 0 saturated carbocycles. The molecule has 12 nitrogen and oxygen atoms in total. The molecule has 3 aliphatic rings. The molecule has 152 valence electrons. The topological polar surface area (TPSA) is 146 Å². The van der Waals surface area contributed by atoms with Crippen LogP contribution in [0.5, 0.6) is 0 Å². The maximum absolute atomic E-state index is 12.4. The Morgan fingerprint density at radius 3 is 2.82 bits per heavy atom. The van der Waals surface area contributed by atoms with Crippen LogP contribution in [0.3, 0.4) is 0 Å². The van der Waals surface area contributed by atoms with Crippen molar-refractivity contribution in [1.29, 1.82) is 0 Å². The molecule has 2 fully saturated rings. The van der Waals surface area contributed by atoms with E-state index in [1.54, 1.807) is 18.3 Å². The Labute approximate surface area is 161 Å². The number of amides is 3. The fourth-order valence-corrected chi connectivity index (χ4v) is 3.93. The lowest BCUT2D eigenvalue weighted by Crippen LogP contribution is -2.42. The maximum Gasteiger partial charge on any atom is 0.418 e. The minimum Gasteiger partial charge on any atom is -0.348 e. The molecule has 1 aromatic heterocycles. The molecular formula is C15H20N6O6S. The van der Waals surface area contributed by atoms with Gasteiger partial charge in [0.05, 0.1) is 12.2 Å². The van der Waals surface area contributed by atoms with E-state index in [0.29, 0.717) is 10.8 Å². The van der Waals surface area contributed by atoms with Gasteiger partial charge in [-0.1, -0.05) is 0 Å². The highest BCUT2D eigenvalue weighted by Crippen LogP contribution is 2.27. The third-order valence-corrected chi connectivity index (χ3v) is 5.22. The predicted molar refractivity (Wildman–Crippen MR) is 95.1 cm³/mol. The normalized spacial score (nSPS) is 23.1. The van der Waals surface area contributed by atoms with Crippen molar-refractivity contribution in [3.63, 3.8) is 0 Å². The molecule has 1 aromatic rings. The van der Waals surface area contributed by atoms with Gasteiger partial charge in [0.25, 0.3) is 5.91 Å². The summed E-state index contributed by atoms with van der Waals surface area (Å²) in [6.07, 6.45) is 4.95. The van der Waals surface area contributed by atoms with E-state index in [9.17, 15) is 18.0 Å². The largest absolute Gasteiger partial charge is 0.418 e. The van der Waals surface area contributed by atoms with Crippen LogP contribution in [0.1, 0.15) is 23.3 Å². The highest BCUT2D eigenvalue weighted by molar-refractivity contribution is 7.80. The number of aromatic nitrogens is 2. The average Bonchev–Trinajstić information content (AvgIpc) is 3.22. The lowest BCUT2D eigenvalue weighted by Gasteiger charge is -2.23. The number of piperidine rings is 1. The first-order valence-corrected chi connectivity index (χ1v) is 10.2. The molecule has 2 bridgehead atoms. The van der Waals surface area contributed by atoms with Crippen molar-refractivity contribution in [3.05, 3.63) is 24.0 Å². The van der Waals surface area contributed by atoms with Gasteiger partial charge in [-0.05, 0) is 38.1 Å². The fourth-order valence-electron chi connectivity index (χ4n) is 3.55. The van der Waals surface area contributed by atoms with E-state index in [2.05, 4.69) is 20.0 Å². The molecule has 28 heavy (non-hydrogen) atoms. The van der Waals surface area contributed by atoms with Gasteiger partial charge in [-0.2, -0.15) is 18.6 Å². The van der Waals surface area contributed by atoms with E-state index in [0.717, 1.165) is 25.9 Å². The standard InChI is InChI=1S/C15H20N6O6S/c22-14(17-10-1-4-16-5-2-10)13-3-6-20(18-13)11-7-12-9-19(8-11)15(23)21(12)27-28(24,25)26/h3,6-7,10,12,16H,1-2,4-5,8-9H2,(H,17,22)(H,24,25,26). The van der Waals surface area contributed by atoms with Crippen molar-refractivity contribution in [2.75, 3.05) is 26.2 Å². The molecule has 0 aromatic carbocycles. The smallest absolute Gasteiger partial charge is 0.348 e. The number of nitrogens with zero attached hydrogens (tertiary/aromatic N) is 4. The SMILES string of the molecule is O=C(NC1CCNCC1)c1ccn(C2=CC3CN(C2)C(=O)N3OS(=O)(=O)O)n1. The number of rotatable bonds is 5. The van der Waals surface area contributed by atoms with Crippen molar-refractivity contribution in [2.45, 2.75) is 24.9 Å². The minimum atomic E-state index is -4.81. The Morgan fingerprint density at radius 2 is 2.11 bits per heavy atom. The van der Waals surface area contributed by atoms with Crippen LogP contribution >= 0.6 is 0 Å². The number of hydrogen-bond donors (Lipinski definition) is 3. The highest BCUT2D eigenvalue weighted by Gasteiger charge is 2.43. The van der Waals surface area contributed by atoms with Crippen molar-refractivity contribution in [2.24, 2.45) is 0 Å². The fraction of sp³-hybridized carbons (Fsp3) is 0.533. The van der Waals surface area contributed by atoms with Gasteiger partial charge >= 0.3 is 16.4 Å². The van der Waals surface area contributed by atoms with E-state index >= 15 is 0 Å². The van der Waals surface area contributed by atoms with Gasteiger partial charge < -0.3 is 15.5 Å². The van der Waals surface area contributed by atoms with Gasteiger partial charge in [-0.25, -0.2) is 9.48 Å². The Kier molecular flexibility index (Phi) is 4.82. The molecule has 3 aliphatic heterocycles. The van der Waals surface area contributed by atoms with Crippen LogP contribution in [-0.4, -0.2) is 82.9 Å². The molecule has 4 heterocycles. The zero-order valence-corrected chi connectivity index (χ0v) is 15.6. The first kappa shape index (κ1) is 18.9. The molecule has 4 rings (SSSR count). The summed E-state index contributed by atoms with van der Waals surface area (Å²) in [6, 6.07) is 0.315. The Hall–Kier alpha value is -2.48. The van der Waals surface area contributed by atoms with Crippen LogP contribution in [0.4, 0.5) is 4.79 Å². The summed E-state index contributed by atoms with van der Waals surface area (Å²) in [7, 11) is -4.81. The third kappa shape index (κ3) is 3.87. The van der Waals surface area contributed by atoms with Crippen LogP contribution in [0.15, 0.2) is 18.3 Å². The Bertz CT molecular complexity index is 921. The minimum absolute atomic E-state index is 0.110. The van der Waals surface area contributed by atoms with Gasteiger partial charge in [0.2, 0.25) is 0 Å². The summed E-state index contributed by atoms with van der Waals surface area (Å²) in [6.45, 7) is 2.11. The van der Waals surface area contributed by atoms with Gasteiger partial charge in [-0.3, -0.25) is 9.35 Å². The van der Waals surface area contributed by atoms with Crippen LogP contribution in [0.25, 0.3) is 5.70 Å². The highest BCUT2D eigenvalue weighted by atomic mass is 32.3. The lowest BCUT2D eigenvalue weighted by molar-refractivity contribution is -0.0183. The third-order valence-electron chi connectivity index (χ3n) is 4.87. The van der Waals surface area contributed by atoms with E-state index in [4.69, 9.17) is 4.55 Å². The molecule has 0 spiro atoms. The van der Waals surface area contributed by atoms with Crippen LogP contribution < -0.4 is 10.6 Å². The van der Waals surface area contributed by atoms with E-state index in [1.165, 1.54) is 9.58 Å². The molecule has 1 unspecified atom stereocenters. The molecule has 13 heteroatoms. The van der Waals surface area contributed by atoms with E-state index < -0.39 is 22.5 Å². The molecule has 2 saturated heterocycles. The molecule has 0 radical (unpaired) electrons. The number of nitrogens with one attached hydrogen (secondary N) is 2. The number of hydroxylamine groups is 2. The van der Waals surface area contributed by atoms with Crippen molar-refractivity contribution < 1.29 is 26.8 Å². The van der Waals surface area contributed by atoms with Gasteiger partial charge in [0, 0.05) is 18.8 Å². The number of urea groups is 1. The van der Waals surface area contributed by atoms with Crippen molar-refractivity contribution in [1.82, 2.24) is 30.4 Å². The van der Waals surface area contributed by atoms with Crippen LogP contribution in [0.2, 0.25) is 0 Å². The second-order valence-electron chi connectivity index (χ2n) is 6.86. The average molecular weight is 412 g/mol. The van der Waals surface area contributed by atoms with E-state index in [1.807, 2.05) is 0 Å². The molecular weight excluding hydrogens is 392 g/mol. The quantitative estimate of drug-likeness (QED) is 0.525. The Balaban J connectivity index is 1.47.